The van der Waals surface area contributed by atoms with Crippen molar-refractivity contribution in [2.24, 2.45) is 11.7 Å². The standard InChI is InChI=1S/C12H13ClN2O3/c13-8-1-2-9(12(17)18)10(5-8)15-4-3-7(6-15)11(14)16/h1-2,5,7H,3-4,6H2,(H2,14,16)(H,17,18). The van der Waals surface area contributed by atoms with E-state index in [1.54, 1.807) is 6.07 Å². The van der Waals surface area contributed by atoms with Gasteiger partial charge in [-0.25, -0.2) is 4.79 Å². The van der Waals surface area contributed by atoms with Crippen LogP contribution in [0.4, 0.5) is 5.69 Å². The number of anilines is 1. The second kappa shape index (κ2) is 4.86. The monoisotopic (exact) mass is 268 g/mol. The molecule has 0 saturated carbocycles. The predicted octanol–water partition coefficient (Wildman–Crippen LogP) is 1.35. The fraction of sp³-hybridized carbons (Fsp3) is 0.333. The molecule has 1 amide bonds. The minimum Gasteiger partial charge on any atom is -0.478 e. The third-order valence-electron chi connectivity index (χ3n) is 3.12. The van der Waals surface area contributed by atoms with Crippen LogP contribution in [-0.4, -0.2) is 30.1 Å². The molecular weight excluding hydrogens is 256 g/mol. The zero-order valence-electron chi connectivity index (χ0n) is 9.60. The van der Waals surface area contributed by atoms with Crippen LogP contribution in [-0.2, 0) is 4.79 Å². The average molecular weight is 269 g/mol. The van der Waals surface area contributed by atoms with Gasteiger partial charge in [-0.15, -0.1) is 0 Å². The van der Waals surface area contributed by atoms with Gasteiger partial charge in [-0.05, 0) is 24.6 Å². The number of hydrogen-bond acceptors (Lipinski definition) is 3. The highest BCUT2D eigenvalue weighted by Gasteiger charge is 2.29. The fourth-order valence-corrected chi connectivity index (χ4v) is 2.32. The topological polar surface area (TPSA) is 83.6 Å². The molecule has 5 nitrogen and oxygen atoms in total. The second-order valence-corrected chi connectivity index (χ2v) is 4.74. The number of carboxylic acids is 1. The van der Waals surface area contributed by atoms with Gasteiger partial charge >= 0.3 is 5.97 Å². The van der Waals surface area contributed by atoms with Crippen molar-refractivity contribution < 1.29 is 14.7 Å². The Bertz CT molecular complexity index is 504. The van der Waals surface area contributed by atoms with Crippen LogP contribution >= 0.6 is 11.6 Å². The lowest BCUT2D eigenvalue weighted by Gasteiger charge is -2.20. The Kier molecular flexibility index (Phi) is 3.43. The Balaban J connectivity index is 2.31. The van der Waals surface area contributed by atoms with Crippen molar-refractivity contribution >= 4 is 29.2 Å². The molecule has 0 radical (unpaired) electrons. The average Bonchev–Trinajstić information content (AvgIpc) is 2.77. The number of carbonyl (C=O) groups is 2. The first-order chi connectivity index (χ1) is 8.49. The van der Waals surface area contributed by atoms with Crippen LogP contribution in [0.3, 0.4) is 0 Å². The Morgan fingerprint density at radius 1 is 1.44 bits per heavy atom. The maximum atomic E-state index is 11.1. The summed E-state index contributed by atoms with van der Waals surface area (Å²) in [4.78, 5) is 24.1. The highest BCUT2D eigenvalue weighted by Crippen LogP contribution is 2.29. The zero-order chi connectivity index (χ0) is 13.3. The van der Waals surface area contributed by atoms with Gasteiger partial charge in [0.1, 0.15) is 0 Å². The van der Waals surface area contributed by atoms with Gasteiger partial charge in [0, 0.05) is 18.1 Å². The third kappa shape index (κ3) is 2.41. The van der Waals surface area contributed by atoms with Crippen molar-refractivity contribution in [3.8, 4) is 0 Å². The number of benzene rings is 1. The van der Waals surface area contributed by atoms with Gasteiger partial charge in [0.2, 0.25) is 5.91 Å². The first kappa shape index (κ1) is 12.7. The van der Waals surface area contributed by atoms with Crippen molar-refractivity contribution in [1.29, 1.82) is 0 Å². The van der Waals surface area contributed by atoms with Gasteiger partial charge in [0.25, 0.3) is 0 Å². The lowest BCUT2D eigenvalue weighted by atomic mass is 10.1. The van der Waals surface area contributed by atoms with Crippen LogP contribution in [0.2, 0.25) is 5.02 Å². The molecular formula is C12H13ClN2O3. The van der Waals surface area contributed by atoms with Gasteiger partial charge in [-0.2, -0.15) is 0 Å². The van der Waals surface area contributed by atoms with Crippen LogP contribution in [0.1, 0.15) is 16.8 Å². The summed E-state index contributed by atoms with van der Waals surface area (Å²) >= 11 is 5.89. The van der Waals surface area contributed by atoms with Crippen LogP contribution in [0.15, 0.2) is 18.2 Å². The first-order valence-electron chi connectivity index (χ1n) is 5.56. The molecule has 6 heteroatoms. The molecule has 1 unspecified atom stereocenters. The predicted molar refractivity (Wildman–Crippen MR) is 67.9 cm³/mol. The highest BCUT2D eigenvalue weighted by molar-refractivity contribution is 6.31. The Hall–Kier alpha value is -1.75. The van der Waals surface area contributed by atoms with Gasteiger partial charge < -0.3 is 15.7 Å². The van der Waals surface area contributed by atoms with Crippen molar-refractivity contribution in [2.75, 3.05) is 18.0 Å². The Morgan fingerprint density at radius 2 is 2.17 bits per heavy atom. The van der Waals surface area contributed by atoms with E-state index >= 15 is 0 Å². The molecule has 0 aromatic heterocycles. The molecule has 2 rings (SSSR count). The summed E-state index contributed by atoms with van der Waals surface area (Å²) in [6.07, 6.45) is 0.640. The van der Waals surface area contributed by atoms with Crippen molar-refractivity contribution in [2.45, 2.75) is 6.42 Å². The number of rotatable bonds is 3. The molecule has 3 N–H and O–H groups in total. The van der Waals surface area contributed by atoms with Crippen LogP contribution in [0.5, 0.6) is 0 Å². The summed E-state index contributed by atoms with van der Waals surface area (Å²) in [6.45, 7) is 1.05. The molecule has 1 saturated heterocycles. The largest absolute Gasteiger partial charge is 0.478 e. The van der Waals surface area contributed by atoms with E-state index in [-0.39, 0.29) is 17.4 Å². The van der Waals surface area contributed by atoms with E-state index in [0.717, 1.165) is 0 Å². The number of primary amides is 1. The Morgan fingerprint density at radius 3 is 2.72 bits per heavy atom. The minimum atomic E-state index is -1.01. The molecule has 1 aromatic rings. The third-order valence-corrected chi connectivity index (χ3v) is 3.36. The minimum absolute atomic E-state index is 0.185. The molecule has 96 valence electrons. The second-order valence-electron chi connectivity index (χ2n) is 4.30. The summed E-state index contributed by atoms with van der Waals surface area (Å²) < 4.78 is 0. The summed E-state index contributed by atoms with van der Waals surface area (Å²) in [6, 6.07) is 4.61. The molecule has 0 spiro atoms. The summed E-state index contributed by atoms with van der Waals surface area (Å²) in [5, 5.41) is 9.60. The molecule has 1 aliphatic rings. The molecule has 1 atom stereocenters. The van der Waals surface area contributed by atoms with E-state index in [1.165, 1.54) is 12.1 Å². The SMILES string of the molecule is NC(=O)C1CCN(c2cc(Cl)ccc2C(=O)O)C1. The number of nitrogens with zero attached hydrogens (tertiary/aromatic N) is 1. The van der Waals surface area contributed by atoms with Crippen LogP contribution < -0.4 is 10.6 Å². The zero-order valence-corrected chi connectivity index (χ0v) is 10.4. The number of halogens is 1. The van der Waals surface area contributed by atoms with Crippen molar-refractivity contribution in [3.63, 3.8) is 0 Å². The van der Waals surface area contributed by atoms with E-state index < -0.39 is 5.97 Å². The fourth-order valence-electron chi connectivity index (χ4n) is 2.16. The number of carbonyl (C=O) groups excluding carboxylic acids is 1. The molecule has 1 aliphatic heterocycles. The molecule has 18 heavy (non-hydrogen) atoms. The highest BCUT2D eigenvalue weighted by atomic mass is 35.5. The van der Waals surface area contributed by atoms with E-state index in [1.807, 2.05) is 4.90 Å². The van der Waals surface area contributed by atoms with E-state index in [4.69, 9.17) is 22.4 Å². The lowest BCUT2D eigenvalue weighted by Crippen LogP contribution is -2.28. The smallest absolute Gasteiger partial charge is 0.337 e. The quantitative estimate of drug-likeness (QED) is 0.867. The number of aromatic carboxylic acids is 1. The number of carboxylic acid groups (broad SMARTS) is 1. The van der Waals surface area contributed by atoms with Gasteiger partial charge in [-0.1, -0.05) is 11.6 Å². The van der Waals surface area contributed by atoms with Gasteiger partial charge in [-0.3, -0.25) is 4.79 Å². The van der Waals surface area contributed by atoms with Gasteiger partial charge in [0.15, 0.2) is 0 Å². The molecule has 0 bridgehead atoms. The molecule has 0 aliphatic carbocycles. The maximum absolute atomic E-state index is 11.1. The normalized spacial score (nSPS) is 18.9. The van der Waals surface area contributed by atoms with Crippen LogP contribution in [0.25, 0.3) is 0 Å². The molecule has 1 fully saturated rings. The lowest BCUT2D eigenvalue weighted by molar-refractivity contribution is -0.121. The number of hydrogen-bond donors (Lipinski definition) is 2. The summed E-state index contributed by atoms with van der Waals surface area (Å²) in [5.74, 6) is -1.59. The molecule has 1 heterocycles. The van der Waals surface area contributed by atoms with Gasteiger partial charge in [0.05, 0.1) is 17.2 Å². The Labute approximate surface area is 109 Å². The molecule has 1 aromatic carbocycles. The number of amides is 1. The van der Waals surface area contributed by atoms with Crippen molar-refractivity contribution in [3.05, 3.63) is 28.8 Å². The van der Waals surface area contributed by atoms with Crippen molar-refractivity contribution in [1.82, 2.24) is 0 Å². The maximum Gasteiger partial charge on any atom is 0.337 e. The summed E-state index contributed by atoms with van der Waals surface area (Å²) in [5.41, 5.74) is 5.98. The summed E-state index contributed by atoms with van der Waals surface area (Å²) in [7, 11) is 0. The van der Waals surface area contributed by atoms with E-state index in [0.29, 0.717) is 30.2 Å². The van der Waals surface area contributed by atoms with E-state index in [9.17, 15) is 9.59 Å². The number of nitrogens with two attached hydrogens (primary N) is 1. The first-order valence-corrected chi connectivity index (χ1v) is 5.94. The van der Waals surface area contributed by atoms with Crippen LogP contribution in [0, 0.1) is 5.92 Å². The van der Waals surface area contributed by atoms with E-state index in [2.05, 4.69) is 0 Å².